The number of hydrogen-bond donors (Lipinski definition) is 2. The molecule has 2 amide bonds. The van der Waals surface area contributed by atoms with Gasteiger partial charge in [0.05, 0.1) is 17.9 Å². The first-order valence-electron chi connectivity index (χ1n) is 9.89. The van der Waals surface area contributed by atoms with Gasteiger partial charge in [-0.25, -0.2) is 9.37 Å². The van der Waals surface area contributed by atoms with Gasteiger partial charge in [-0.05, 0) is 36.1 Å². The fourth-order valence-electron chi connectivity index (χ4n) is 3.12. The zero-order valence-corrected chi connectivity index (χ0v) is 18.9. The van der Waals surface area contributed by atoms with Gasteiger partial charge in [0, 0.05) is 22.1 Å². The number of hydrogen-bond acceptors (Lipinski definition) is 5. The number of anilines is 2. The number of halogens is 1. The van der Waals surface area contributed by atoms with Gasteiger partial charge in [0.25, 0.3) is 0 Å². The number of nitrogens with zero attached hydrogens (tertiary/aromatic N) is 1. The minimum atomic E-state index is -0.364. The summed E-state index contributed by atoms with van der Waals surface area (Å²) in [5, 5.41) is 9.47. The molecule has 5 nitrogen and oxygen atoms in total. The lowest BCUT2D eigenvalue weighted by molar-refractivity contribution is -0.116. The van der Waals surface area contributed by atoms with Crippen molar-refractivity contribution >= 4 is 57.1 Å². The van der Waals surface area contributed by atoms with Crippen molar-refractivity contribution in [1.82, 2.24) is 4.98 Å². The van der Waals surface area contributed by atoms with E-state index in [1.165, 1.54) is 29.2 Å². The Balaban J connectivity index is 1.29. The Hall–Kier alpha value is -3.23. The molecule has 162 valence electrons. The van der Waals surface area contributed by atoms with Crippen molar-refractivity contribution in [2.75, 3.05) is 16.4 Å². The van der Waals surface area contributed by atoms with Crippen molar-refractivity contribution in [3.63, 3.8) is 0 Å². The Bertz CT molecular complexity index is 1280. The standard InChI is InChI=1S/C24H20FN3O2S2/c1-15-9-10-17(11-20(15)25)26-22(29)12-18-13-31-24(27-18)32-14-23(30)28-21-8-4-6-16-5-2-3-7-19(16)21/h2-11,13H,12,14H2,1H3,(H,26,29)(H,28,30). The number of thioether (sulfide) groups is 1. The second kappa shape index (κ2) is 9.93. The predicted octanol–water partition coefficient (Wildman–Crippen LogP) is 5.66. The van der Waals surface area contributed by atoms with E-state index in [9.17, 15) is 14.0 Å². The van der Waals surface area contributed by atoms with E-state index in [1.54, 1.807) is 24.4 Å². The van der Waals surface area contributed by atoms with Gasteiger partial charge in [0.2, 0.25) is 11.8 Å². The molecule has 0 aliphatic heterocycles. The summed E-state index contributed by atoms with van der Waals surface area (Å²) in [6, 6.07) is 18.2. The molecule has 0 fully saturated rings. The molecule has 0 atom stereocenters. The van der Waals surface area contributed by atoms with Crippen LogP contribution < -0.4 is 10.6 Å². The van der Waals surface area contributed by atoms with Crippen LogP contribution in [0.4, 0.5) is 15.8 Å². The highest BCUT2D eigenvalue weighted by Crippen LogP contribution is 2.26. The van der Waals surface area contributed by atoms with Crippen LogP contribution >= 0.6 is 23.1 Å². The minimum absolute atomic E-state index is 0.0781. The molecule has 0 aliphatic rings. The fourth-order valence-corrected chi connectivity index (χ4v) is 4.77. The maximum atomic E-state index is 13.6. The molecular weight excluding hydrogens is 445 g/mol. The number of aromatic nitrogens is 1. The number of amides is 2. The predicted molar refractivity (Wildman–Crippen MR) is 129 cm³/mol. The van der Waals surface area contributed by atoms with Gasteiger partial charge in [0.15, 0.2) is 4.34 Å². The first kappa shape index (κ1) is 22.0. The number of aryl methyl sites for hydroxylation is 1. The van der Waals surface area contributed by atoms with Crippen LogP contribution in [0.15, 0.2) is 70.4 Å². The number of fused-ring (bicyclic) bond motifs is 1. The SMILES string of the molecule is Cc1ccc(NC(=O)Cc2csc(SCC(=O)Nc3cccc4ccccc34)n2)cc1F. The summed E-state index contributed by atoms with van der Waals surface area (Å²) >= 11 is 2.71. The molecule has 0 bridgehead atoms. The summed E-state index contributed by atoms with van der Waals surface area (Å²) < 4.78 is 14.3. The van der Waals surface area contributed by atoms with Crippen molar-refractivity contribution in [2.24, 2.45) is 0 Å². The summed E-state index contributed by atoms with van der Waals surface area (Å²) in [6.07, 6.45) is 0.0781. The Morgan fingerprint density at radius 3 is 2.69 bits per heavy atom. The molecule has 4 aromatic rings. The van der Waals surface area contributed by atoms with E-state index in [-0.39, 0.29) is 29.8 Å². The highest BCUT2D eigenvalue weighted by atomic mass is 32.2. The topological polar surface area (TPSA) is 71.1 Å². The van der Waals surface area contributed by atoms with Crippen LogP contribution in [0.2, 0.25) is 0 Å². The molecular formula is C24H20FN3O2S2. The molecule has 3 aromatic carbocycles. The maximum Gasteiger partial charge on any atom is 0.234 e. The van der Waals surface area contributed by atoms with E-state index in [0.717, 1.165) is 16.5 Å². The number of thiazole rings is 1. The first-order chi connectivity index (χ1) is 15.5. The third-order valence-corrected chi connectivity index (χ3v) is 6.79. The van der Waals surface area contributed by atoms with Crippen LogP contribution in [0.25, 0.3) is 10.8 Å². The molecule has 1 heterocycles. The van der Waals surface area contributed by atoms with E-state index in [4.69, 9.17) is 0 Å². The number of nitrogens with one attached hydrogen (secondary N) is 2. The highest BCUT2D eigenvalue weighted by molar-refractivity contribution is 8.01. The maximum absolute atomic E-state index is 13.6. The van der Waals surface area contributed by atoms with Crippen LogP contribution in [-0.4, -0.2) is 22.6 Å². The Labute approximate surface area is 193 Å². The van der Waals surface area contributed by atoms with Gasteiger partial charge in [-0.3, -0.25) is 9.59 Å². The number of carbonyl (C=O) groups excluding carboxylic acids is 2. The zero-order chi connectivity index (χ0) is 22.5. The normalized spacial score (nSPS) is 10.8. The largest absolute Gasteiger partial charge is 0.326 e. The van der Waals surface area contributed by atoms with Gasteiger partial charge in [-0.1, -0.05) is 54.2 Å². The van der Waals surface area contributed by atoms with E-state index in [2.05, 4.69) is 15.6 Å². The van der Waals surface area contributed by atoms with Crippen LogP contribution in [-0.2, 0) is 16.0 Å². The smallest absolute Gasteiger partial charge is 0.234 e. The molecule has 0 aliphatic carbocycles. The monoisotopic (exact) mass is 465 g/mol. The molecule has 32 heavy (non-hydrogen) atoms. The van der Waals surface area contributed by atoms with Crippen molar-refractivity contribution < 1.29 is 14.0 Å². The fraction of sp³-hybridized carbons (Fsp3) is 0.125. The molecule has 8 heteroatoms. The second-order valence-electron chi connectivity index (χ2n) is 7.16. The lowest BCUT2D eigenvalue weighted by atomic mass is 10.1. The van der Waals surface area contributed by atoms with Gasteiger partial charge in [-0.15, -0.1) is 11.3 Å². The Morgan fingerprint density at radius 2 is 1.84 bits per heavy atom. The summed E-state index contributed by atoms with van der Waals surface area (Å²) in [6.45, 7) is 1.66. The average molecular weight is 466 g/mol. The molecule has 4 rings (SSSR count). The number of carbonyl (C=O) groups is 2. The van der Waals surface area contributed by atoms with Crippen LogP contribution in [0.3, 0.4) is 0 Å². The van der Waals surface area contributed by atoms with Crippen LogP contribution in [0.1, 0.15) is 11.3 Å². The van der Waals surface area contributed by atoms with E-state index >= 15 is 0 Å². The van der Waals surface area contributed by atoms with E-state index in [0.29, 0.717) is 21.3 Å². The minimum Gasteiger partial charge on any atom is -0.326 e. The zero-order valence-electron chi connectivity index (χ0n) is 17.2. The van der Waals surface area contributed by atoms with E-state index in [1.807, 2.05) is 42.5 Å². The molecule has 2 N–H and O–H groups in total. The lowest BCUT2D eigenvalue weighted by Gasteiger charge is -2.08. The van der Waals surface area contributed by atoms with Gasteiger partial charge in [-0.2, -0.15) is 0 Å². The van der Waals surface area contributed by atoms with Crippen molar-refractivity contribution in [2.45, 2.75) is 17.7 Å². The van der Waals surface area contributed by atoms with Crippen molar-refractivity contribution in [3.8, 4) is 0 Å². The lowest BCUT2D eigenvalue weighted by Crippen LogP contribution is -2.15. The summed E-state index contributed by atoms with van der Waals surface area (Å²) in [5.74, 6) is -0.548. The van der Waals surface area contributed by atoms with Gasteiger partial charge < -0.3 is 10.6 Å². The Morgan fingerprint density at radius 1 is 1.03 bits per heavy atom. The van der Waals surface area contributed by atoms with Gasteiger partial charge >= 0.3 is 0 Å². The van der Waals surface area contributed by atoms with Crippen LogP contribution in [0.5, 0.6) is 0 Å². The average Bonchev–Trinajstić information content (AvgIpc) is 3.22. The van der Waals surface area contributed by atoms with E-state index < -0.39 is 0 Å². The molecule has 0 radical (unpaired) electrons. The van der Waals surface area contributed by atoms with Crippen molar-refractivity contribution in [1.29, 1.82) is 0 Å². The second-order valence-corrected chi connectivity index (χ2v) is 9.24. The number of benzene rings is 3. The molecule has 0 saturated heterocycles. The Kier molecular flexibility index (Phi) is 6.82. The van der Waals surface area contributed by atoms with Crippen molar-refractivity contribution in [3.05, 3.63) is 83.1 Å². The number of rotatable bonds is 7. The molecule has 0 saturated carbocycles. The third kappa shape index (κ3) is 5.52. The summed E-state index contributed by atoms with van der Waals surface area (Å²) in [5.41, 5.74) is 2.32. The quantitative estimate of drug-likeness (QED) is 0.346. The molecule has 1 aromatic heterocycles. The van der Waals surface area contributed by atoms with Crippen LogP contribution in [0, 0.1) is 12.7 Å². The molecule has 0 spiro atoms. The molecule has 0 unspecified atom stereocenters. The third-order valence-electron chi connectivity index (χ3n) is 4.72. The summed E-state index contributed by atoms with van der Waals surface area (Å²) in [7, 11) is 0. The van der Waals surface area contributed by atoms with Gasteiger partial charge in [0.1, 0.15) is 5.82 Å². The highest BCUT2D eigenvalue weighted by Gasteiger charge is 2.12. The summed E-state index contributed by atoms with van der Waals surface area (Å²) in [4.78, 5) is 29.1. The first-order valence-corrected chi connectivity index (χ1v) is 11.8.